The summed E-state index contributed by atoms with van der Waals surface area (Å²) in [6.07, 6.45) is -2.93. The summed E-state index contributed by atoms with van der Waals surface area (Å²) in [5.41, 5.74) is 0.486. The molecule has 0 aromatic heterocycles. The van der Waals surface area contributed by atoms with Crippen LogP contribution in [0.3, 0.4) is 0 Å². The monoisotopic (exact) mass is 388 g/mol. The second kappa shape index (κ2) is 6.95. The van der Waals surface area contributed by atoms with Crippen molar-refractivity contribution in [2.75, 3.05) is 19.0 Å². The Morgan fingerprint density at radius 2 is 2.09 bits per heavy atom. The first kappa shape index (κ1) is 17.2. The normalized spacial score (nSPS) is 20.2. The molecule has 0 aliphatic carbocycles. The molecule has 0 saturated carbocycles. The van der Waals surface area contributed by atoms with Gasteiger partial charge in [0.1, 0.15) is 12.2 Å². The number of likely N-dealkylation sites (tertiary alicyclic amines) is 1. The number of anilines is 1. The quantitative estimate of drug-likeness (QED) is 0.774. The SMILES string of the molecule is COC(=O)c1cc(Br)cc(NC(=O)[C@@H]2C[C@@H](F)CN2C(=O)O)c1. The molecule has 1 heterocycles. The number of carbonyl (C=O) groups is 3. The number of alkyl halides is 1. The van der Waals surface area contributed by atoms with Gasteiger partial charge in [-0.1, -0.05) is 15.9 Å². The zero-order valence-corrected chi connectivity index (χ0v) is 13.7. The first-order valence-electron chi connectivity index (χ1n) is 6.65. The zero-order valence-electron chi connectivity index (χ0n) is 12.1. The third kappa shape index (κ3) is 3.98. The molecule has 0 bridgehead atoms. The van der Waals surface area contributed by atoms with Crippen molar-refractivity contribution in [1.29, 1.82) is 0 Å². The van der Waals surface area contributed by atoms with Crippen LogP contribution in [0.25, 0.3) is 0 Å². The smallest absolute Gasteiger partial charge is 0.408 e. The molecule has 0 spiro atoms. The number of esters is 1. The first-order chi connectivity index (χ1) is 10.8. The van der Waals surface area contributed by atoms with Crippen molar-refractivity contribution >= 4 is 39.6 Å². The van der Waals surface area contributed by atoms with Gasteiger partial charge in [-0.05, 0) is 18.2 Å². The Bertz CT molecular complexity index is 654. The molecule has 1 fully saturated rings. The summed E-state index contributed by atoms with van der Waals surface area (Å²) in [5, 5.41) is 11.5. The highest BCUT2D eigenvalue weighted by Crippen LogP contribution is 2.24. The van der Waals surface area contributed by atoms with E-state index >= 15 is 0 Å². The van der Waals surface area contributed by atoms with Gasteiger partial charge in [-0.3, -0.25) is 9.69 Å². The number of methoxy groups -OCH3 is 1. The van der Waals surface area contributed by atoms with Gasteiger partial charge in [0, 0.05) is 16.6 Å². The van der Waals surface area contributed by atoms with Crippen LogP contribution in [-0.4, -0.2) is 53.8 Å². The van der Waals surface area contributed by atoms with Crippen molar-refractivity contribution < 1.29 is 28.6 Å². The van der Waals surface area contributed by atoms with Gasteiger partial charge < -0.3 is 15.2 Å². The minimum Gasteiger partial charge on any atom is -0.465 e. The number of nitrogens with one attached hydrogen (secondary N) is 1. The van der Waals surface area contributed by atoms with Crippen LogP contribution in [0.5, 0.6) is 0 Å². The van der Waals surface area contributed by atoms with E-state index in [2.05, 4.69) is 26.0 Å². The standard InChI is InChI=1S/C14H14BrFN2O5/c1-23-13(20)7-2-8(15)4-10(3-7)17-12(19)11-5-9(16)6-18(11)14(21)22/h2-4,9,11H,5-6H2,1H3,(H,17,19)(H,21,22)/t9-,11+/m1/s1. The Balaban J connectivity index is 2.18. The highest BCUT2D eigenvalue weighted by molar-refractivity contribution is 9.10. The van der Waals surface area contributed by atoms with E-state index < -0.39 is 30.2 Å². The summed E-state index contributed by atoms with van der Waals surface area (Å²) in [5.74, 6) is -1.24. The number of halogens is 2. The van der Waals surface area contributed by atoms with E-state index in [1.165, 1.54) is 25.3 Å². The Morgan fingerprint density at radius 1 is 1.39 bits per heavy atom. The largest absolute Gasteiger partial charge is 0.465 e. The van der Waals surface area contributed by atoms with Crippen molar-refractivity contribution in [2.45, 2.75) is 18.6 Å². The van der Waals surface area contributed by atoms with E-state index in [0.29, 0.717) is 4.47 Å². The van der Waals surface area contributed by atoms with E-state index in [1.807, 2.05) is 0 Å². The predicted octanol–water partition coefficient (Wildman–Crippen LogP) is 2.26. The van der Waals surface area contributed by atoms with Crippen molar-refractivity contribution in [3.63, 3.8) is 0 Å². The molecule has 9 heteroatoms. The van der Waals surface area contributed by atoms with Crippen molar-refractivity contribution in [3.8, 4) is 0 Å². The minimum absolute atomic E-state index is 0.198. The van der Waals surface area contributed by atoms with Crippen LogP contribution in [-0.2, 0) is 9.53 Å². The summed E-state index contributed by atoms with van der Waals surface area (Å²) >= 11 is 3.20. The third-order valence-electron chi connectivity index (χ3n) is 3.38. The number of amides is 2. The van der Waals surface area contributed by atoms with Crippen molar-refractivity contribution in [1.82, 2.24) is 4.90 Å². The molecule has 1 aromatic rings. The molecular weight excluding hydrogens is 375 g/mol. The molecule has 7 nitrogen and oxygen atoms in total. The Hall–Kier alpha value is -2.16. The van der Waals surface area contributed by atoms with E-state index in [1.54, 1.807) is 0 Å². The summed E-state index contributed by atoms with van der Waals surface area (Å²) in [6, 6.07) is 3.33. The average Bonchev–Trinajstić information content (AvgIpc) is 2.88. The number of benzene rings is 1. The lowest BCUT2D eigenvalue weighted by atomic mass is 10.1. The number of carbonyl (C=O) groups excluding carboxylic acids is 2. The Kier molecular flexibility index (Phi) is 5.19. The molecule has 124 valence electrons. The van der Waals surface area contributed by atoms with Crippen LogP contribution in [0.4, 0.5) is 14.9 Å². The van der Waals surface area contributed by atoms with Crippen molar-refractivity contribution in [2.24, 2.45) is 0 Å². The van der Waals surface area contributed by atoms with Gasteiger partial charge >= 0.3 is 12.1 Å². The van der Waals surface area contributed by atoms with Crippen LogP contribution in [0, 0.1) is 0 Å². The molecule has 2 rings (SSSR count). The molecule has 1 aliphatic heterocycles. The third-order valence-corrected chi connectivity index (χ3v) is 3.84. The van der Waals surface area contributed by atoms with Crippen LogP contribution >= 0.6 is 15.9 Å². The number of hydrogen-bond acceptors (Lipinski definition) is 4. The zero-order chi connectivity index (χ0) is 17.1. The Labute approximate surface area is 139 Å². The van der Waals surface area contributed by atoms with Gasteiger partial charge in [0.2, 0.25) is 5.91 Å². The maximum Gasteiger partial charge on any atom is 0.408 e. The van der Waals surface area contributed by atoms with Gasteiger partial charge in [-0.2, -0.15) is 0 Å². The van der Waals surface area contributed by atoms with Crippen LogP contribution in [0.1, 0.15) is 16.8 Å². The van der Waals surface area contributed by atoms with Gasteiger partial charge in [-0.15, -0.1) is 0 Å². The maximum absolute atomic E-state index is 13.4. The fourth-order valence-corrected chi connectivity index (χ4v) is 2.86. The first-order valence-corrected chi connectivity index (χ1v) is 7.44. The fraction of sp³-hybridized carbons (Fsp3) is 0.357. The Morgan fingerprint density at radius 3 is 2.70 bits per heavy atom. The molecule has 1 aliphatic rings. The fourth-order valence-electron chi connectivity index (χ4n) is 2.37. The second-order valence-corrected chi connectivity index (χ2v) is 5.91. The molecule has 0 unspecified atom stereocenters. The van der Waals surface area contributed by atoms with Gasteiger partial charge in [0.05, 0.1) is 19.2 Å². The van der Waals surface area contributed by atoms with E-state index in [9.17, 15) is 18.8 Å². The summed E-state index contributed by atoms with van der Waals surface area (Å²) in [6.45, 7) is -0.334. The molecular formula is C14H14BrFN2O5. The number of hydrogen-bond donors (Lipinski definition) is 2. The second-order valence-electron chi connectivity index (χ2n) is 4.99. The number of rotatable bonds is 3. The molecule has 1 aromatic carbocycles. The van der Waals surface area contributed by atoms with Gasteiger partial charge in [0.25, 0.3) is 0 Å². The van der Waals surface area contributed by atoms with Crippen LogP contribution < -0.4 is 5.32 Å². The molecule has 23 heavy (non-hydrogen) atoms. The molecule has 2 N–H and O–H groups in total. The lowest BCUT2D eigenvalue weighted by molar-refractivity contribution is -0.119. The van der Waals surface area contributed by atoms with Gasteiger partial charge in [-0.25, -0.2) is 14.0 Å². The summed E-state index contributed by atoms with van der Waals surface area (Å²) in [7, 11) is 1.23. The lowest BCUT2D eigenvalue weighted by Gasteiger charge is -2.20. The number of carboxylic acid groups (broad SMARTS) is 1. The molecule has 2 amide bonds. The van der Waals surface area contributed by atoms with Gasteiger partial charge in [0.15, 0.2) is 0 Å². The predicted molar refractivity (Wildman–Crippen MR) is 82.1 cm³/mol. The summed E-state index contributed by atoms with van der Waals surface area (Å²) in [4.78, 5) is 35.6. The molecule has 0 radical (unpaired) electrons. The highest BCUT2D eigenvalue weighted by atomic mass is 79.9. The van der Waals surface area contributed by atoms with Crippen LogP contribution in [0.15, 0.2) is 22.7 Å². The molecule has 2 atom stereocenters. The van der Waals surface area contributed by atoms with Crippen LogP contribution in [0.2, 0.25) is 0 Å². The maximum atomic E-state index is 13.4. The van der Waals surface area contributed by atoms with Crippen molar-refractivity contribution in [3.05, 3.63) is 28.2 Å². The lowest BCUT2D eigenvalue weighted by Crippen LogP contribution is -2.42. The van der Waals surface area contributed by atoms with E-state index in [-0.39, 0.29) is 24.2 Å². The summed E-state index contributed by atoms with van der Waals surface area (Å²) < 4.78 is 18.5. The molecule has 1 saturated heterocycles. The average molecular weight is 389 g/mol. The van der Waals surface area contributed by atoms with E-state index in [4.69, 9.17) is 5.11 Å². The van der Waals surface area contributed by atoms with E-state index in [0.717, 1.165) is 4.90 Å². The number of nitrogens with zero attached hydrogens (tertiary/aromatic N) is 1. The highest BCUT2D eigenvalue weighted by Gasteiger charge is 2.40. The topological polar surface area (TPSA) is 95.9 Å². The number of ether oxygens (including phenoxy) is 1. The minimum atomic E-state index is -1.38.